The lowest BCUT2D eigenvalue weighted by Crippen LogP contribution is -2.44. The summed E-state index contributed by atoms with van der Waals surface area (Å²) >= 11 is 3.06. The molecule has 9 heteroatoms. The van der Waals surface area contributed by atoms with Crippen molar-refractivity contribution in [1.29, 1.82) is 0 Å². The van der Waals surface area contributed by atoms with Crippen LogP contribution >= 0.6 is 22.7 Å². The van der Waals surface area contributed by atoms with Crippen LogP contribution in [0.15, 0.2) is 5.38 Å². The number of hydrogen-bond donors (Lipinski definition) is 0. The van der Waals surface area contributed by atoms with E-state index in [0.29, 0.717) is 17.7 Å². The number of carbonyl (C=O) groups excluding carboxylic acids is 2. The normalized spacial score (nSPS) is 19.0. The van der Waals surface area contributed by atoms with Gasteiger partial charge in [-0.2, -0.15) is 0 Å². The largest absolute Gasteiger partial charge is 0.338 e. The fourth-order valence-electron chi connectivity index (χ4n) is 4.50. The highest BCUT2D eigenvalue weighted by Crippen LogP contribution is 2.32. The molecule has 2 aliphatic heterocycles. The summed E-state index contributed by atoms with van der Waals surface area (Å²) in [5, 5.41) is 3.86. The van der Waals surface area contributed by atoms with Gasteiger partial charge in [-0.3, -0.25) is 9.59 Å². The fourth-order valence-corrected chi connectivity index (χ4v) is 6.36. The van der Waals surface area contributed by atoms with Crippen molar-refractivity contribution in [1.82, 2.24) is 24.7 Å². The van der Waals surface area contributed by atoms with Crippen LogP contribution in [0.25, 0.3) is 0 Å². The van der Waals surface area contributed by atoms with Crippen molar-refractivity contribution in [2.24, 2.45) is 0 Å². The molecule has 0 aliphatic carbocycles. The van der Waals surface area contributed by atoms with Gasteiger partial charge >= 0.3 is 0 Å². The van der Waals surface area contributed by atoms with Crippen molar-refractivity contribution in [3.8, 4) is 0 Å². The molecule has 0 unspecified atom stereocenters. The van der Waals surface area contributed by atoms with Crippen LogP contribution in [0.5, 0.6) is 0 Å². The predicted molar refractivity (Wildman–Crippen MR) is 124 cm³/mol. The van der Waals surface area contributed by atoms with Gasteiger partial charge in [-0.25, -0.2) is 9.97 Å². The summed E-state index contributed by atoms with van der Waals surface area (Å²) in [6.07, 6.45) is 3.80. The molecule has 2 aromatic rings. The molecule has 2 fully saturated rings. The van der Waals surface area contributed by atoms with Crippen LogP contribution in [-0.2, 0) is 0 Å². The second-order valence-electron chi connectivity index (χ2n) is 8.74. The molecule has 0 N–H and O–H groups in total. The number of aryl methyl sites for hydroxylation is 2. The molecule has 0 spiro atoms. The van der Waals surface area contributed by atoms with Crippen LogP contribution in [0.1, 0.15) is 67.5 Å². The highest BCUT2D eigenvalue weighted by molar-refractivity contribution is 7.13. The van der Waals surface area contributed by atoms with Gasteiger partial charge in [-0.1, -0.05) is 0 Å². The minimum absolute atomic E-state index is 0.0284. The zero-order chi connectivity index (χ0) is 22.1. The zero-order valence-electron chi connectivity index (χ0n) is 18.8. The Hall–Kier alpha value is -1.84. The average molecular weight is 462 g/mol. The van der Waals surface area contributed by atoms with Crippen LogP contribution in [0.2, 0.25) is 0 Å². The van der Waals surface area contributed by atoms with Crippen LogP contribution < -0.4 is 0 Å². The number of carbonyl (C=O) groups is 2. The molecule has 2 saturated heterocycles. The van der Waals surface area contributed by atoms with Crippen molar-refractivity contribution in [2.75, 3.05) is 40.3 Å². The molecule has 2 aliphatic rings. The Balaban J connectivity index is 1.34. The maximum atomic E-state index is 13.0. The molecule has 4 heterocycles. The lowest BCUT2D eigenvalue weighted by molar-refractivity contribution is 0.0654. The van der Waals surface area contributed by atoms with Crippen LogP contribution in [0.4, 0.5) is 0 Å². The van der Waals surface area contributed by atoms with Gasteiger partial charge in [-0.15, -0.1) is 22.7 Å². The van der Waals surface area contributed by atoms with Gasteiger partial charge in [0.25, 0.3) is 11.8 Å². The molecule has 0 saturated carbocycles. The van der Waals surface area contributed by atoms with Crippen LogP contribution in [0, 0.1) is 13.8 Å². The Labute approximate surface area is 192 Å². The van der Waals surface area contributed by atoms with E-state index >= 15 is 0 Å². The van der Waals surface area contributed by atoms with Gasteiger partial charge in [0.05, 0.1) is 15.7 Å². The number of rotatable bonds is 4. The summed E-state index contributed by atoms with van der Waals surface area (Å²) in [5.41, 5.74) is 1.39. The Kier molecular flexibility index (Phi) is 6.74. The molecule has 0 atom stereocenters. The number of nitrogens with zero attached hydrogens (tertiary/aromatic N) is 5. The highest BCUT2D eigenvalue weighted by atomic mass is 32.1. The Bertz CT molecular complexity index is 940. The summed E-state index contributed by atoms with van der Waals surface area (Å²) < 4.78 is 0. The van der Waals surface area contributed by atoms with E-state index in [0.717, 1.165) is 72.4 Å². The monoisotopic (exact) mass is 461 g/mol. The lowest BCUT2D eigenvalue weighted by Gasteiger charge is -2.34. The molecular weight excluding hydrogens is 430 g/mol. The summed E-state index contributed by atoms with van der Waals surface area (Å²) in [6.45, 7) is 7.34. The first-order valence-electron chi connectivity index (χ1n) is 11.0. The number of piperidine rings is 2. The molecule has 4 rings (SSSR count). The van der Waals surface area contributed by atoms with E-state index in [9.17, 15) is 9.59 Å². The van der Waals surface area contributed by atoms with E-state index in [-0.39, 0.29) is 11.8 Å². The summed E-state index contributed by atoms with van der Waals surface area (Å²) in [4.78, 5) is 41.8. The second kappa shape index (κ2) is 9.34. The molecule has 168 valence electrons. The van der Waals surface area contributed by atoms with Crippen LogP contribution in [0.3, 0.4) is 0 Å². The van der Waals surface area contributed by atoms with Gasteiger partial charge in [0.1, 0.15) is 10.6 Å². The Morgan fingerprint density at radius 3 is 2.35 bits per heavy atom. The fraction of sp³-hybridized carbons (Fsp3) is 0.636. The molecule has 2 aromatic heterocycles. The van der Waals surface area contributed by atoms with Crippen molar-refractivity contribution >= 4 is 34.5 Å². The second-order valence-corrected chi connectivity index (χ2v) is 10.8. The first-order valence-corrected chi connectivity index (χ1v) is 12.7. The molecule has 7 nitrogen and oxygen atoms in total. The number of hydrogen-bond acceptors (Lipinski definition) is 7. The zero-order valence-corrected chi connectivity index (χ0v) is 20.4. The third-order valence-electron chi connectivity index (χ3n) is 6.53. The molecule has 31 heavy (non-hydrogen) atoms. The number of thiazole rings is 2. The maximum absolute atomic E-state index is 13.0. The third-order valence-corrected chi connectivity index (χ3v) is 8.59. The lowest BCUT2D eigenvalue weighted by atomic mass is 9.97. The SMILES string of the molecule is Cc1nc(C)c(C(=O)N2CCC(c3nc(C(=O)N(C)C4CCN(C)CC4)cs3)CC2)s1. The third kappa shape index (κ3) is 4.83. The summed E-state index contributed by atoms with van der Waals surface area (Å²) in [6, 6.07) is 0.293. The van der Waals surface area contributed by atoms with E-state index in [2.05, 4.69) is 16.9 Å². The summed E-state index contributed by atoms with van der Waals surface area (Å²) in [5.74, 6) is 0.436. The number of amides is 2. The quantitative estimate of drug-likeness (QED) is 0.698. The first-order chi connectivity index (χ1) is 14.8. The van der Waals surface area contributed by atoms with Gasteiger partial charge in [0.15, 0.2) is 0 Å². The van der Waals surface area contributed by atoms with Crippen molar-refractivity contribution < 1.29 is 9.59 Å². The van der Waals surface area contributed by atoms with Crippen molar-refractivity contribution in [3.63, 3.8) is 0 Å². The van der Waals surface area contributed by atoms with Gasteiger partial charge in [0, 0.05) is 37.5 Å². The maximum Gasteiger partial charge on any atom is 0.273 e. The molecule has 0 radical (unpaired) electrons. The molecule has 2 amide bonds. The topological polar surface area (TPSA) is 69.6 Å². The first kappa shape index (κ1) is 22.4. The number of aromatic nitrogens is 2. The van der Waals surface area contributed by atoms with Crippen molar-refractivity contribution in [2.45, 2.75) is 51.5 Å². The van der Waals surface area contributed by atoms with E-state index in [1.165, 1.54) is 11.3 Å². The van der Waals surface area contributed by atoms with E-state index in [1.807, 2.05) is 36.1 Å². The van der Waals surface area contributed by atoms with E-state index < -0.39 is 0 Å². The molecule has 0 bridgehead atoms. The Morgan fingerprint density at radius 2 is 1.74 bits per heavy atom. The molecule has 0 aromatic carbocycles. The minimum Gasteiger partial charge on any atom is -0.338 e. The van der Waals surface area contributed by atoms with Crippen LogP contribution in [-0.4, -0.2) is 82.8 Å². The molecular formula is C22H31N5O2S2. The van der Waals surface area contributed by atoms with Gasteiger partial charge in [-0.05, 0) is 59.7 Å². The van der Waals surface area contributed by atoms with E-state index in [1.54, 1.807) is 11.3 Å². The standard InChI is InChI=1S/C22H31N5O2S2/c1-14-19(31-15(2)23-14)22(29)27-11-5-16(6-12-27)20-24-18(13-30-20)21(28)26(4)17-7-9-25(3)10-8-17/h13,16-17H,5-12H2,1-4H3. The number of likely N-dealkylation sites (tertiary alicyclic amines) is 2. The highest BCUT2D eigenvalue weighted by Gasteiger charge is 2.30. The van der Waals surface area contributed by atoms with Gasteiger partial charge < -0.3 is 14.7 Å². The predicted octanol–water partition coefficient (Wildman–Crippen LogP) is 3.40. The smallest absolute Gasteiger partial charge is 0.273 e. The Morgan fingerprint density at radius 1 is 1.06 bits per heavy atom. The van der Waals surface area contributed by atoms with E-state index in [4.69, 9.17) is 4.98 Å². The average Bonchev–Trinajstić information content (AvgIpc) is 3.39. The van der Waals surface area contributed by atoms with Gasteiger partial charge in [0.2, 0.25) is 0 Å². The minimum atomic E-state index is 0.0284. The van der Waals surface area contributed by atoms with Crippen molar-refractivity contribution in [3.05, 3.63) is 31.7 Å². The summed E-state index contributed by atoms with van der Waals surface area (Å²) in [7, 11) is 4.04.